The monoisotopic (exact) mass is 221 g/mol. The van der Waals surface area contributed by atoms with Crippen molar-refractivity contribution in [1.29, 1.82) is 0 Å². The van der Waals surface area contributed by atoms with E-state index in [2.05, 4.69) is 27.7 Å². The lowest BCUT2D eigenvalue weighted by Gasteiger charge is -2.16. The van der Waals surface area contributed by atoms with E-state index >= 15 is 0 Å². The average Bonchev–Trinajstić information content (AvgIpc) is 2.16. The van der Waals surface area contributed by atoms with E-state index in [-0.39, 0.29) is 10.6 Å². The van der Waals surface area contributed by atoms with Crippen LogP contribution in [0.2, 0.25) is 0 Å². The third kappa shape index (κ3) is 2.40. The van der Waals surface area contributed by atoms with Gasteiger partial charge in [0.1, 0.15) is 0 Å². The van der Waals surface area contributed by atoms with Gasteiger partial charge in [-0.3, -0.25) is 10.1 Å². The first-order chi connectivity index (χ1) is 7.34. The van der Waals surface area contributed by atoms with E-state index in [0.29, 0.717) is 11.8 Å². The highest BCUT2D eigenvalue weighted by Gasteiger charge is 2.17. The molecule has 0 atom stereocenters. The van der Waals surface area contributed by atoms with Gasteiger partial charge in [-0.25, -0.2) is 0 Å². The van der Waals surface area contributed by atoms with Crippen molar-refractivity contribution < 1.29 is 4.92 Å². The van der Waals surface area contributed by atoms with E-state index in [1.54, 1.807) is 12.1 Å². The van der Waals surface area contributed by atoms with Crippen LogP contribution < -0.4 is 0 Å². The Balaban J connectivity index is 3.45. The average molecular weight is 221 g/mol. The molecule has 16 heavy (non-hydrogen) atoms. The summed E-state index contributed by atoms with van der Waals surface area (Å²) in [6.07, 6.45) is 0. The maximum absolute atomic E-state index is 10.9. The van der Waals surface area contributed by atoms with Crippen molar-refractivity contribution in [2.75, 3.05) is 0 Å². The lowest BCUT2D eigenvalue weighted by atomic mass is 9.89. The second kappa shape index (κ2) is 4.64. The summed E-state index contributed by atoms with van der Waals surface area (Å²) in [4.78, 5) is 10.6. The summed E-state index contributed by atoms with van der Waals surface area (Å²) in [7, 11) is 0. The van der Waals surface area contributed by atoms with Gasteiger partial charge >= 0.3 is 0 Å². The van der Waals surface area contributed by atoms with E-state index in [1.807, 2.05) is 6.92 Å². The van der Waals surface area contributed by atoms with Gasteiger partial charge in [0, 0.05) is 12.1 Å². The quantitative estimate of drug-likeness (QED) is 0.568. The maximum atomic E-state index is 10.9. The molecule has 0 saturated carbocycles. The molecule has 0 aliphatic carbocycles. The summed E-state index contributed by atoms with van der Waals surface area (Å²) < 4.78 is 0. The summed E-state index contributed by atoms with van der Waals surface area (Å²) in [6.45, 7) is 10.3. The highest BCUT2D eigenvalue weighted by molar-refractivity contribution is 5.47. The smallest absolute Gasteiger partial charge is 0.258 e. The van der Waals surface area contributed by atoms with E-state index in [9.17, 15) is 10.1 Å². The van der Waals surface area contributed by atoms with Crippen molar-refractivity contribution in [1.82, 2.24) is 0 Å². The number of hydrogen-bond donors (Lipinski definition) is 0. The number of nitro groups is 1. The molecule has 3 nitrogen and oxygen atoms in total. The second-order valence-electron chi connectivity index (χ2n) is 4.82. The van der Waals surface area contributed by atoms with Gasteiger partial charge in [-0.05, 0) is 35.4 Å². The maximum Gasteiger partial charge on any atom is 0.270 e. The second-order valence-corrected chi connectivity index (χ2v) is 4.82. The van der Waals surface area contributed by atoms with Gasteiger partial charge in [0.15, 0.2) is 0 Å². The fraction of sp³-hybridized carbons (Fsp3) is 0.538. The predicted molar refractivity (Wildman–Crippen MR) is 66.0 cm³/mol. The molecule has 1 aromatic carbocycles. The van der Waals surface area contributed by atoms with Gasteiger partial charge in [-0.2, -0.15) is 0 Å². The van der Waals surface area contributed by atoms with Crippen molar-refractivity contribution in [3.05, 3.63) is 38.9 Å². The molecule has 1 aromatic rings. The molecule has 0 aliphatic rings. The zero-order valence-electron chi connectivity index (χ0n) is 10.6. The SMILES string of the molecule is Cc1c(C(C)C)cc([N+](=O)[O-])cc1C(C)C. The Bertz CT molecular complexity index is 379. The van der Waals surface area contributed by atoms with E-state index in [4.69, 9.17) is 0 Å². The third-order valence-electron chi connectivity index (χ3n) is 2.93. The van der Waals surface area contributed by atoms with Crippen LogP contribution in [0.1, 0.15) is 56.2 Å². The molecule has 0 N–H and O–H groups in total. The number of hydrogen-bond acceptors (Lipinski definition) is 2. The minimum atomic E-state index is -0.308. The van der Waals surface area contributed by atoms with E-state index < -0.39 is 0 Å². The lowest BCUT2D eigenvalue weighted by Crippen LogP contribution is -2.02. The van der Waals surface area contributed by atoms with Crippen LogP contribution in [0, 0.1) is 17.0 Å². The Morgan fingerprint density at radius 3 is 1.69 bits per heavy atom. The van der Waals surface area contributed by atoms with Crippen LogP contribution in [-0.4, -0.2) is 4.92 Å². The zero-order chi connectivity index (χ0) is 12.5. The topological polar surface area (TPSA) is 43.1 Å². The normalized spacial score (nSPS) is 11.2. The third-order valence-corrected chi connectivity index (χ3v) is 2.93. The summed E-state index contributed by atoms with van der Waals surface area (Å²) in [5, 5.41) is 10.9. The molecule has 3 heteroatoms. The molecular weight excluding hydrogens is 202 g/mol. The first-order valence-corrected chi connectivity index (χ1v) is 5.63. The Morgan fingerprint density at radius 1 is 1.06 bits per heavy atom. The predicted octanol–water partition coefficient (Wildman–Crippen LogP) is 4.15. The first-order valence-electron chi connectivity index (χ1n) is 5.63. The number of benzene rings is 1. The fourth-order valence-electron chi connectivity index (χ4n) is 2.05. The van der Waals surface area contributed by atoms with Crippen LogP contribution in [0.3, 0.4) is 0 Å². The highest BCUT2D eigenvalue weighted by atomic mass is 16.6. The van der Waals surface area contributed by atoms with Crippen LogP contribution in [0.4, 0.5) is 5.69 Å². The van der Waals surface area contributed by atoms with Crippen LogP contribution in [-0.2, 0) is 0 Å². The molecule has 0 radical (unpaired) electrons. The molecule has 1 rings (SSSR count). The van der Waals surface area contributed by atoms with Crippen LogP contribution in [0.15, 0.2) is 12.1 Å². The lowest BCUT2D eigenvalue weighted by molar-refractivity contribution is -0.385. The number of rotatable bonds is 3. The van der Waals surface area contributed by atoms with Crippen LogP contribution in [0.5, 0.6) is 0 Å². The van der Waals surface area contributed by atoms with Crippen LogP contribution in [0.25, 0.3) is 0 Å². The molecule has 0 aliphatic heterocycles. The Morgan fingerprint density at radius 2 is 1.44 bits per heavy atom. The van der Waals surface area contributed by atoms with E-state index in [1.165, 1.54) is 5.56 Å². The molecule has 0 amide bonds. The summed E-state index contributed by atoms with van der Waals surface area (Å²) >= 11 is 0. The summed E-state index contributed by atoms with van der Waals surface area (Å²) in [5.41, 5.74) is 3.56. The molecule has 0 bridgehead atoms. The largest absolute Gasteiger partial charge is 0.270 e. The summed E-state index contributed by atoms with van der Waals surface area (Å²) in [5.74, 6) is 0.634. The number of nitrogens with zero attached hydrogens (tertiary/aromatic N) is 1. The van der Waals surface area contributed by atoms with Gasteiger partial charge in [-0.1, -0.05) is 27.7 Å². The molecule has 0 spiro atoms. The van der Waals surface area contributed by atoms with Crippen molar-refractivity contribution in [3.63, 3.8) is 0 Å². The van der Waals surface area contributed by atoms with Crippen molar-refractivity contribution in [2.45, 2.75) is 46.5 Å². The molecule has 0 unspecified atom stereocenters. The Labute approximate surface area is 96.6 Å². The molecule has 0 aromatic heterocycles. The Hall–Kier alpha value is -1.38. The van der Waals surface area contributed by atoms with Gasteiger partial charge in [0.05, 0.1) is 4.92 Å². The van der Waals surface area contributed by atoms with Gasteiger partial charge in [-0.15, -0.1) is 0 Å². The van der Waals surface area contributed by atoms with Gasteiger partial charge in [0.2, 0.25) is 0 Å². The molecule has 0 saturated heterocycles. The number of nitro benzene ring substituents is 1. The van der Waals surface area contributed by atoms with E-state index in [0.717, 1.165) is 11.1 Å². The summed E-state index contributed by atoms with van der Waals surface area (Å²) in [6, 6.07) is 3.40. The van der Waals surface area contributed by atoms with Crippen molar-refractivity contribution >= 4 is 5.69 Å². The zero-order valence-corrected chi connectivity index (χ0v) is 10.6. The van der Waals surface area contributed by atoms with Gasteiger partial charge in [0.25, 0.3) is 5.69 Å². The van der Waals surface area contributed by atoms with Crippen LogP contribution >= 0.6 is 0 Å². The molecule has 0 fully saturated rings. The minimum Gasteiger partial charge on any atom is -0.258 e. The standard InChI is InChI=1S/C13H19NO2/c1-8(2)12-6-11(14(15)16)7-13(9(3)4)10(12)5/h6-9H,1-5H3. The van der Waals surface area contributed by atoms with Crippen molar-refractivity contribution in [2.24, 2.45) is 0 Å². The van der Waals surface area contributed by atoms with Gasteiger partial charge < -0.3 is 0 Å². The molecule has 0 heterocycles. The highest BCUT2D eigenvalue weighted by Crippen LogP contribution is 2.31. The Kier molecular flexibility index (Phi) is 3.68. The molecule has 88 valence electrons. The van der Waals surface area contributed by atoms with Crippen molar-refractivity contribution in [3.8, 4) is 0 Å². The fourth-order valence-corrected chi connectivity index (χ4v) is 2.05. The number of non-ortho nitro benzene ring substituents is 1. The minimum absolute atomic E-state index is 0.206. The molecular formula is C13H19NO2. The first kappa shape index (κ1) is 12.7.